The first kappa shape index (κ1) is 13.3. The molecule has 0 aliphatic carbocycles. The van der Waals surface area contributed by atoms with Gasteiger partial charge in [0, 0.05) is 18.0 Å². The van der Waals surface area contributed by atoms with Crippen LogP contribution in [0.2, 0.25) is 0 Å². The van der Waals surface area contributed by atoms with Crippen LogP contribution < -0.4 is 0 Å². The van der Waals surface area contributed by atoms with Gasteiger partial charge in [-0.1, -0.05) is 6.92 Å². The Balaban J connectivity index is 1.71. The lowest BCUT2D eigenvalue weighted by atomic mass is 10.1. The van der Waals surface area contributed by atoms with Crippen LogP contribution in [0.5, 0.6) is 0 Å². The fraction of sp³-hybridized carbons (Fsp3) is 0.500. The van der Waals surface area contributed by atoms with Crippen LogP contribution in [0.4, 0.5) is 0 Å². The molecule has 0 N–H and O–H groups in total. The summed E-state index contributed by atoms with van der Waals surface area (Å²) >= 11 is 1.61. The first-order valence-corrected chi connectivity index (χ1v) is 7.81. The van der Waals surface area contributed by atoms with E-state index in [4.69, 9.17) is 0 Å². The smallest absolute Gasteiger partial charge is 0.263 e. The highest BCUT2D eigenvalue weighted by molar-refractivity contribution is 7.14. The number of rotatable bonds is 3. The van der Waals surface area contributed by atoms with E-state index in [0.717, 1.165) is 37.2 Å². The number of hydrogen-bond donors (Lipinski definition) is 0. The molecule has 1 saturated heterocycles. The zero-order valence-electron chi connectivity index (χ0n) is 11.5. The summed E-state index contributed by atoms with van der Waals surface area (Å²) in [5, 5.41) is 4.19. The third-order valence-corrected chi connectivity index (χ3v) is 4.93. The van der Waals surface area contributed by atoms with Crippen molar-refractivity contribution >= 4 is 17.2 Å². The molecule has 0 radical (unpaired) electrons. The van der Waals surface area contributed by atoms with E-state index in [0.29, 0.717) is 0 Å². The van der Waals surface area contributed by atoms with Crippen LogP contribution in [0, 0.1) is 0 Å². The molecule has 0 bridgehead atoms. The fourth-order valence-electron chi connectivity index (χ4n) is 2.60. The zero-order chi connectivity index (χ0) is 13.9. The molecule has 0 unspecified atom stereocenters. The molecule has 1 amide bonds. The highest BCUT2D eigenvalue weighted by Crippen LogP contribution is 2.24. The van der Waals surface area contributed by atoms with Crippen LogP contribution in [-0.2, 0) is 6.42 Å². The van der Waals surface area contributed by atoms with Crippen LogP contribution in [0.15, 0.2) is 24.8 Å². The van der Waals surface area contributed by atoms with Gasteiger partial charge in [-0.3, -0.25) is 4.79 Å². The number of amides is 1. The lowest BCUT2D eigenvalue weighted by Gasteiger charge is -2.32. The number of likely N-dealkylation sites (tertiary alicyclic amines) is 1. The van der Waals surface area contributed by atoms with Gasteiger partial charge in [-0.25, -0.2) is 9.67 Å². The van der Waals surface area contributed by atoms with E-state index < -0.39 is 0 Å². The van der Waals surface area contributed by atoms with Crippen LogP contribution in [0.3, 0.4) is 0 Å². The van der Waals surface area contributed by atoms with Crippen molar-refractivity contribution in [2.75, 3.05) is 13.1 Å². The van der Waals surface area contributed by atoms with E-state index in [1.807, 2.05) is 15.6 Å². The lowest BCUT2D eigenvalue weighted by Crippen LogP contribution is -2.40. The van der Waals surface area contributed by atoms with Crippen molar-refractivity contribution in [1.29, 1.82) is 0 Å². The molecule has 6 heteroatoms. The Kier molecular flexibility index (Phi) is 3.82. The molecule has 2 aromatic rings. The number of aryl methyl sites for hydroxylation is 1. The second-order valence-corrected chi connectivity index (χ2v) is 6.21. The molecular formula is C14H18N4OS. The van der Waals surface area contributed by atoms with Gasteiger partial charge in [-0.05, 0) is 31.4 Å². The van der Waals surface area contributed by atoms with Gasteiger partial charge in [0.25, 0.3) is 5.91 Å². The lowest BCUT2D eigenvalue weighted by molar-refractivity contribution is 0.0677. The molecule has 0 spiro atoms. The Bertz CT molecular complexity index is 578. The largest absolute Gasteiger partial charge is 0.336 e. The van der Waals surface area contributed by atoms with E-state index in [1.54, 1.807) is 24.0 Å². The zero-order valence-corrected chi connectivity index (χ0v) is 12.3. The highest BCUT2D eigenvalue weighted by atomic mass is 32.1. The maximum atomic E-state index is 12.5. The van der Waals surface area contributed by atoms with E-state index in [-0.39, 0.29) is 11.9 Å². The van der Waals surface area contributed by atoms with Gasteiger partial charge < -0.3 is 4.90 Å². The van der Waals surface area contributed by atoms with Crippen molar-refractivity contribution in [3.63, 3.8) is 0 Å². The third kappa shape index (κ3) is 2.60. The number of hydrogen-bond acceptors (Lipinski definition) is 4. The molecule has 0 aromatic carbocycles. The first-order chi connectivity index (χ1) is 9.78. The molecule has 20 heavy (non-hydrogen) atoms. The normalized spacial score (nSPS) is 19.2. The molecule has 3 rings (SSSR count). The van der Waals surface area contributed by atoms with Crippen molar-refractivity contribution in [1.82, 2.24) is 19.7 Å². The summed E-state index contributed by atoms with van der Waals surface area (Å²) in [5.41, 5.74) is 0. The monoisotopic (exact) mass is 290 g/mol. The average molecular weight is 290 g/mol. The van der Waals surface area contributed by atoms with Crippen molar-refractivity contribution in [3.05, 3.63) is 34.5 Å². The van der Waals surface area contributed by atoms with E-state index >= 15 is 0 Å². The van der Waals surface area contributed by atoms with Gasteiger partial charge >= 0.3 is 0 Å². The second kappa shape index (κ2) is 5.75. The minimum Gasteiger partial charge on any atom is -0.336 e. The Morgan fingerprint density at radius 3 is 3.10 bits per heavy atom. The Hall–Kier alpha value is -1.69. The second-order valence-electron chi connectivity index (χ2n) is 5.04. The minimum atomic E-state index is 0.152. The maximum Gasteiger partial charge on any atom is 0.263 e. The van der Waals surface area contributed by atoms with Crippen molar-refractivity contribution in [2.24, 2.45) is 0 Å². The predicted molar refractivity (Wildman–Crippen MR) is 77.9 cm³/mol. The standard InChI is InChI=1S/C14H18N4OS/c1-2-12-5-6-13(20-12)14(19)17-7-3-4-11(8-17)18-10-15-9-16-18/h5-6,9-11H,2-4,7-8H2,1H3/t11-/m0/s1. The van der Waals surface area contributed by atoms with Crippen LogP contribution in [0.1, 0.15) is 40.4 Å². The number of carbonyl (C=O) groups excluding carboxylic acids is 1. The van der Waals surface area contributed by atoms with Gasteiger partial charge in [0.05, 0.1) is 10.9 Å². The highest BCUT2D eigenvalue weighted by Gasteiger charge is 2.26. The molecule has 0 saturated carbocycles. The predicted octanol–water partition coefficient (Wildman–Crippen LogP) is 2.38. The number of piperidine rings is 1. The third-order valence-electron chi connectivity index (χ3n) is 3.72. The van der Waals surface area contributed by atoms with Crippen LogP contribution in [-0.4, -0.2) is 38.7 Å². The Labute approximate surface area is 122 Å². The molecule has 1 aliphatic rings. The van der Waals surface area contributed by atoms with Crippen molar-refractivity contribution in [3.8, 4) is 0 Å². The Morgan fingerprint density at radius 2 is 2.40 bits per heavy atom. The van der Waals surface area contributed by atoms with Crippen molar-refractivity contribution < 1.29 is 4.79 Å². The minimum absolute atomic E-state index is 0.152. The molecule has 5 nitrogen and oxygen atoms in total. The molecule has 1 fully saturated rings. The SMILES string of the molecule is CCc1ccc(C(=O)N2CCC[C@H](n3cncn3)C2)s1. The molecule has 106 valence electrons. The summed E-state index contributed by atoms with van der Waals surface area (Å²) in [7, 11) is 0. The number of nitrogens with zero attached hydrogens (tertiary/aromatic N) is 4. The molecule has 1 atom stereocenters. The van der Waals surface area contributed by atoms with Gasteiger partial charge in [0.15, 0.2) is 0 Å². The van der Waals surface area contributed by atoms with E-state index in [2.05, 4.69) is 23.1 Å². The van der Waals surface area contributed by atoms with E-state index in [1.165, 1.54) is 4.88 Å². The summed E-state index contributed by atoms with van der Waals surface area (Å²) in [6, 6.07) is 4.25. The van der Waals surface area contributed by atoms with Gasteiger partial charge in [0.2, 0.25) is 0 Å². The van der Waals surface area contributed by atoms with Gasteiger partial charge in [-0.15, -0.1) is 11.3 Å². The number of thiophene rings is 1. The maximum absolute atomic E-state index is 12.5. The van der Waals surface area contributed by atoms with E-state index in [9.17, 15) is 4.79 Å². The van der Waals surface area contributed by atoms with Crippen molar-refractivity contribution in [2.45, 2.75) is 32.2 Å². The summed E-state index contributed by atoms with van der Waals surface area (Å²) in [4.78, 5) is 20.6. The van der Waals surface area contributed by atoms with Crippen LogP contribution in [0.25, 0.3) is 0 Å². The summed E-state index contributed by atoms with van der Waals surface area (Å²) < 4.78 is 1.87. The topological polar surface area (TPSA) is 51.0 Å². The van der Waals surface area contributed by atoms with Crippen LogP contribution >= 0.6 is 11.3 Å². The summed E-state index contributed by atoms with van der Waals surface area (Å²) in [6.45, 7) is 3.67. The average Bonchev–Trinajstić information content (AvgIpc) is 3.17. The Morgan fingerprint density at radius 1 is 1.50 bits per heavy atom. The molecule has 3 heterocycles. The van der Waals surface area contributed by atoms with Gasteiger partial charge in [-0.2, -0.15) is 5.10 Å². The summed E-state index contributed by atoms with van der Waals surface area (Å²) in [6.07, 6.45) is 6.34. The quantitative estimate of drug-likeness (QED) is 0.872. The van der Waals surface area contributed by atoms with Gasteiger partial charge in [0.1, 0.15) is 12.7 Å². The molecule has 2 aromatic heterocycles. The first-order valence-electron chi connectivity index (χ1n) is 7.00. The number of aromatic nitrogens is 3. The molecular weight excluding hydrogens is 272 g/mol. The number of carbonyl (C=O) groups is 1. The fourth-order valence-corrected chi connectivity index (χ4v) is 3.52. The summed E-state index contributed by atoms with van der Waals surface area (Å²) in [5.74, 6) is 0.152. The molecule has 1 aliphatic heterocycles.